The molecule has 0 saturated carbocycles. The van der Waals surface area contributed by atoms with Crippen LogP contribution in [0.25, 0.3) is 0 Å². The molecule has 126 valence electrons. The van der Waals surface area contributed by atoms with Crippen molar-refractivity contribution in [3.05, 3.63) is 33.8 Å². The zero-order valence-corrected chi connectivity index (χ0v) is 14.9. The number of amides is 2. The molecule has 4 nitrogen and oxygen atoms in total. The average Bonchev–Trinajstić information content (AvgIpc) is 2.80. The highest BCUT2D eigenvalue weighted by Crippen LogP contribution is 2.23. The zero-order valence-electron chi connectivity index (χ0n) is 13.4. The van der Waals surface area contributed by atoms with Gasteiger partial charge in [0.25, 0.3) is 5.91 Å². The topological polar surface area (TPSA) is 40.6 Å². The monoisotopic (exact) mass is 356 g/mol. The molecule has 0 bridgehead atoms. The van der Waals surface area contributed by atoms with E-state index in [2.05, 4.69) is 6.92 Å². The lowest BCUT2D eigenvalue weighted by Gasteiger charge is -2.22. The normalized spacial score (nSPS) is 15.4. The van der Waals surface area contributed by atoms with Crippen LogP contribution in [0.5, 0.6) is 0 Å². The van der Waals surface area contributed by atoms with Crippen molar-refractivity contribution in [3.8, 4) is 0 Å². The van der Waals surface area contributed by atoms with Crippen molar-refractivity contribution in [2.45, 2.75) is 32.6 Å². The average molecular weight is 357 g/mol. The predicted octanol–water partition coefficient (Wildman–Crippen LogP) is 3.86. The summed E-state index contributed by atoms with van der Waals surface area (Å²) in [6, 6.07) is 4.92. The van der Waals surface area contributed by atoms with E-state index >= 15 is 0 Å². The Balaban J connectivity index is 1.98. The van der Waals surface area contributed by atoms with E-state index in [-0.39, 0.29) is 11.8 Å². The zero-order chi connectivity index (χ0) is 16.8. The lowest BCUT2D eigenvalue weighted by Crippen LogP contribution is -2.37. The number of hydrogen-bond acceptors (Lipinski definition) is 2. The van der Waals surface area contributed by atoms with Gasteiger partial charge >= 0.3 is 0 Å². The van der Waals surface area contributed by atoms with Gasteiger partial charge in [-0.25, -0.2) is 0 Å². The van der Waals surface area contributed by atoms with E-state index in [0.29, 0.717) is 48.2 Å². The van der Waals surface area contributed by atoms with Gasteiger partial charge in [-0.2, -0.15) is 0 Å². The summed E-state index contributed by atoms with van der Waals surface area (Å²) >= 11 is 11.9. The van der Waals surface area contributed by atoms with Gasteiger partial charge in [-0.1, -0.05) is 36.5 Å². The highest BCUT2D eigenvalue weighted by molar-refractivity contribution is 6.42. The van der Waals surface area contributed by atoms with Crippen molar-refractivity contribution in [3.63, 3.8) is 0 Å². The number of hydrogen-bond donors (Lipinski definition) is 0. The molecule has 0 N–H and O–H groups in total. The number of benzene rings is 1. The van der Waals surface area contributed by atoms with E-state index < -0.39 is 0 Å². The molecule has 2 amide bonds. The van der Waals surface area contributed by atoms with Gasteiger partial charge in [0.2, 0.25) is 5.91 Å². The quantitative estimate of drug-likeness (QED) is 0.821. The van der Waals surface area contributed by atoms with Crippen molar-refractivity contribution in [1.82, 2.24) is 9.80 Å². The van der Waals surface area contributed by atoms with Crippen LogP contribution in [0, 0.1) is 0 Å². The van der Waals surface area contributed by atoms with E-state index in [0.717, 1.165) is 19.3 Å². The first-order valence-electron chi connectivity index (χ1n) is 8.05. The summed E-state index contributed by atoms with van der Waals surface area (Å²) in [5, 5.41) is 0.815. The fraction of sp³-hybridized carbons (Fsp3) is 0.529. The number of halogens is 2. The lowest BCUT2D eigenvalue weighted by molar-refractivity contribution is -0.131. The van der Waals surface area contributed by atoms with Crippen LogP contribution >= 0.6 is 23.2 Å². The number of carbonyl (C=O) groups is 2. The molecule has 0 unspecified atom stereocenters. The molecule has 2 rings (SSSR count). The third-order valence-electron chi connectivity index (χ3n) is 4.05. The van der Waals surface area contributed by atoms with Gasteiger partial charge in [0.05, 0.1) is 10.0 Å². The van der Waals surface area contributed by atoms with E-state index in [1.807, 2.05) is 4.90 Å². The smallest absolute Gasteiger partial charge is 0.253 e. The Hall–Kier alpha value is -1.26. The molecule has 1 aliphatic rings. The fourth-order valence-corrected chi connectivity index (χ4v) is 2.97. The maximum atomic E-state index is 12.6. The van der Waals surface area contributed by atoms with Gasteiger partial charge < -0.3 is 9.80 Å². The number of unbranched alkanes of at least 4 members (excludes halogenated alkanes) is 1. The molecule has 1 saturated heterocycles. The first-order valence-corrected chi connectivity index (χ1v) is 8.80. The highest BCUT2D eigenvalue weighted by atomic mass is 35.5. The summed E-state index contributed by atoms with van der Waals surface area (Å²) in [5.74, 6) is 0.127. The fourth-order valence-electron chi connectivity index (χ4n) is 2.67. The van der Waals surface area contributed by atoms with Gasteiger partial charge in [-0.3, -0.25) is 9.59 Å². The summed E-state index contributed by atoms with van der Waals surface area (Å²) in [4.78, 5) is 28.4. The van der Waals surface area contributed by atoms with Crippen LogP contribution in [0.15, 0.2) is 18.2 Å². The summed E-state index contributed by atoms with van der Waals surface area (Å²) in [5.41, 5.74) is 0.533. The minimum atomic E-state index is -0.0635. The molecule has 1 aliphatic heterocycles. The molecule has 6 heteroatoms. The van der Waals surface area contributed by atoms with Crippen molar-refractivity contribution >= 4 is 35.0 Å². The molecule has 0 aliphatic carbocycles. The van der Waals surface area contributed by atoms with Gasteiger partial charge in [-0.05, 0) is 31.0 Å². The van der Waals surface area contributed by atoms with Gasteiger partial charge in [-0.15, -0.1) is 0 Å². The standard InChI is InChI=1S/C17H22Cl2N2O2/c1-2-3-5-16(22)20-8-4-9-21(11-10-20)17(23)13-6-7-14(18)15(19)12-13/h6-7,12H,2-5,8-11H2,1H3. The molecule has 1 heterocycles. The van der Waals surface area contributed by atoms with Gasteiger partial charge in [0.1, 0.15) is 0 Å². The molecule has 1 aromatic carbocycles. The van der Waals surface area contributed by atoms with Crippen molar-refractivity contribution in [2.75, 3.05) is 26.2 Å². The van der Waals surface area contributed by atoms with E-state index in [9.17, 15) is 9.59 Å². The van der Waals surface area contributed by atoms with E-state index in [4.69, 9.17) is 23.2 Å². The second kappa shape index (κ2) is 8.55. The first kappa shape index (κ1) is 18.1. The summed E-state index contributed by atoms with van der Waals surface area (Å²) < 4.78 is 0. The Morgan fingerprint density at radius 2 is 1.74 bits per heavy atom. The Kier molecular flexibility index (Phi) is 6.72. The third kappa shape index (κ3) is 4.85. The van der Waals surface area contributed by atoms with Crippen LogP contribution in [0.4, 0.5) is 0 Å². The minimum absolute atomic E-state index is 0.0635. The highest BCUT2D eigenvalue weighted by Gasteiger charge is 2.22. The Bertz CT molecular complexity index is 578. The van der Waals surface area contributed by atoms with Crippen LogP contribution in [-0.4, -0.2) is 47.8 Å². The molecule has 0 aromatic heterocycles. The minimum Gasteiger partial charge on any atom is -0.341 e. The Labute approximate surface area is 147 Å². The maximum Gasteiger partial charge on any atom is 0.253 e. The second-order valence-corrected chi connectivity index (χ2v) is 6.57. The van der Waals surface area contributed by atoms with Crippen LogP contribution in [-0.2, 0) is 4.79 Å². The maximum absolute atomic E-state index is 12.6. The molecule has 1 fully saturated rings. The molecule has 1 aromatic rings. The molecule has 0 radical (unpaired) electrons. The largest absolute Gasteiger partial charge is 0.341 e. The van der Waals surface area contributed by atoms with Crippen molar-refractivity contribution in [1.29, 1.82) is 0 Å². The van der Waals surface area contributed by atoms with Crippen LogP contribution in [0.3, 0.4) is 0 Å². The first-order chi connectivity index (χ1) is 11.0. The third-order valence-corrected chi connectivity index (χ3v) is 4.79. The van der Waals surface area contributed by atoms with Crippen LogP contribution in [0.2, 0.25) is 10.0 Å². The molecule has 23 heavy (non-hydrogen) atoms. The molecular formula is C17H22Cl2N2O2. The van der Waals surface area contributed by atoms with Crippen molar-refractivity contribution in [2.24, 2.45) is 0 Å². The van der Waals surface area contributed by atoms with Gasteiger partial charge in [0.15, 0.2) is 0 Å². The molecular weight excluding hydrogens is 335 g/mol. The van der Waals surface area contributed by atoms with E-state index in [1.54, 1.807) is 23.1 Å². The molecule has 0 spiro atoms. The summed E-state index contributed by atoms with van der Waals surface area (Å²) in [6.07, 6.45) is 3.32. The number of carbonyl (C=O) groups excluding carboxylic acids is 2. The number of nitrogens with zero attached hydrogens (tertiary/aromatic N) is 2. The summed E-state index contributed by atoms with van der Waals surface area (Å²) in [7, 11) is 0. The Morgan fingerprint density at radius 3 is 2.43 bits per heavy atom. The summed E-state index contributed by atoms with van der Waals surface area (Å²) in [6.45, 7) is 4.59. The van der Waals surface area contributed by atoms with Gasteiger partial charge in [0, 0.05) is 38.2 Å². The Morgan fingerprint density at radius 1 is 1.04 bits per heavy atom. The lowest BCUT2D eigenvalue weighted by atomic mass is 10.2. The van der Waals surface area contributed by atoms with Crippen LogP contribution < -0.4 is 0 Å². The predicted molar refractivity (Wildman–Crippen MR) is 93.1 cm³/mol. The second-order valence-electron chi connectivity index (χ2n) is 5.76. The van der Waals surface area contributed by atoms with E-state index in [1.165, 1.54) is 0 Å². The van der Waals surface area contributed by atoms with Crippen molar-refractivity contribution < 1.29 is 9.59 Å². The molecule has 0 atom stereocenters. The number of rotatable bonds is 4. The SMILES string of the molecule is CCCCC(=O)N1CCCN(C(=O)c2ccc(Cl)c(Cl)c2)CC1. The van der Waals surface area contributed by atoms with Crippen LogP contribution in [0.1, 0.15) is 43.0 Å².